The summed E-state index contributed by atoms with van der Waals surface area (Å²) in [4.78, 5) is 11.7. The summed E-state index contributed by atoms with van der Waals surface area (Å²) in [5.41, 5.74) is 0.549. The van der Waals surface area contributed by atoms with E-state index in [4.69, 9.17) is 11.6 Å². The molecule has 0 unspecified atom stereocenters. The Morgan fingerprint density at radius 3 is 2.67 bits per heavy atom. The van der Waals surface area contributed by atoms with Crippen molar-refractivity contribution in [2.75, 3.05) is 5.32 Å². The van der Waals surface area contributed by atoms with Crippen LogP contribution in [0.25, 0.3) is 0 Å². The van der Waals surface area contributed by atoms with E-state index in [-0.39, 0.29) is 11.7 Å². The van der Waals surface area contributed by atoms with Gasteiger partial charge in [0.2, 0.25) is 5.91 Å². The predicted octanol–water partition coefficient (Wildman–Crippen LogP) is 4.34. The van der Waals surface area contributed by atoms with Gasteiger partial charge in [0, 0.05) is 12.5 Å². The van der Waals surface area contributed by atoms with Gasteiger partial charge >= 0.3 is 0 Å². The number of nitrogens with one attached hydrogen (secondary N) is 1. The maximum Gasteiger partial charge on any atom is 0.224 e. The van der Waals surface area contributed by atoms with Gasteiger partial charge in [-0.2, -0.15) is 0 Å². The molecular weight excluding hydrogens is 250 g/mol. The van der Waals surface area contributed by atoms with Crippen LogP contribution in [0.2, 0.25) is 5.02 Å². The third-order valence-corrected chi connectivity index (χ3v) is 3.05. The zero-order chi connectivity index (χ0) is 13.4. The molecule has 18 heavy (non-hydrogen) atoms. The molecule has 0 aromatic heterocycles. The molecule has 0 aliphatic carbocycles. The van der Waals surface area contributed by atoms with Crippen LogP contribution in [0.15, 0.2) is 18.2 Å². The summed E-state index contributed by atoms with van der Waals surface area (Å²) in [6, 6.07) is 4.52. The Bertz CT molecular complexity index is 393. The number of unbranched alkanes of at least 4 members (excludes halogenated alkanes) is 4. The smallest absolute Gasteiger partial charge is 0.224 e. The van der Waals surface area contributed by atoms with Crippen molar-refractivity contribution in [1.82, 2.24) is 0 Å². The molecule has 0 aliphatic heterocycles. The van der Waals surface area contributed by atoms with E-state index in [1.165, 1.54) is 31.4 Å². The minimum Gasteiger partial charge on any atom is -0.508 e. The van der Waals surface area contributed by atoms with Crippen molar-refractivity contribution in [3.8, 4) is 5.75 Å². The van der Waals surface area contributed by atoms with Gasteiger partial charge in [-0.15, -0.1) is 0 Å². The van der Waals surface area contributed by atoms with Crippen LogP contribution in [0.3, 0.4) is 0 Å². The van der Waals surface area contributed by atoms with Crippen molar-refractivity contribution >= 4 is 23.2 Å². The van der Waals surface area contributed by atoms with Gasteiger partial charge in [0.1, 0.15) is 5.75 Å². The number of carbonyl (C=O) groups excluding carboxylic acids is 1. The average Bonchev–Trinajstić information content (AvgIpc) is 2.32. The van der Waals surface area contributed by atoms with E-state index >= 15 is 0 Å². The van der Waals surface area contributed by atoms with Crippen molar-refractivity contribution in [2.24, 2.45) is 0 Å². The fourth-order valence-electron chi connectivity index (χ4n) is 1.71. The van der Waals surface area contributed by atoms with Crippen LogP contribution in [-0.4, -0.2) is 11.0 Å². The number of aromatic hydroxyl groups is 1. The van der Waals surface area contributed by atoms with Crippen LogP contribution in [0.1, 0.15) is 45.4 Å². The molecule has 1 amide bonds. The lowest BCUT2D eigenvalue weighted by Gasteiger charge is -2.07. The second-order valence-corrected chi connectivity index (χ2v) is 4.78. The topological polar surface area (TPSA) is 49.3 Å². The first-order valence-corrected chi connectivity index (χ1v) is 6.79. The normalized spacial score (nSPS) is 10.3. The minimum absolute atomic E-state index is 0.0286. The Balaban J connectivity index is 2.31. The summed E-state index contributed by atoms with van der Waals surface area (Å²) in [5, 5.41) is 12.3. The number of phenolic OH excluding ortho intramolecular Hbond substituents is 1. The molecule has 0 fully saturated rings. The fourth-order valence-corrected chi connectivity index (χ4v) is 1.93. The minimum atomic E-state index is -0.0286. The molecule has 1 aromatic rings. The maximum absolute atomic E-state index is 11.7. The second kappa shape index (κ2) is 7.98. The Hall–Kier alpha value is -1.22. The molecule has 0 radical (unpaired) electrons. The SMILES string of the molecule is CCCCCCCC(=O)Nc1ccc(O)cc1Cl. The highest BCUT2D eigenvalue weighted by molar-refractivity contribution is 6.33. The second-order valence-electron chi connectivity index (χ2n) is 4.38. The van der Waals surface area contributed by atoms with Crippen molar-refractivity contribution in [3.05, 3.63) is 23.2 Å². The van der Waals surface area contributed by atoms with E-state index in [0.29, 0.717) is 17.1 Å². The summed E-state index contributed by atoms with van der Waals surface area (Å²) >= 11 is 5.90. The first-order chi connectivity index (χ1) is 8.63. The summed E-state index contributed by atoms with van der Waals surface area (Å²) in [7, 11) is 0. The summed E-state index contributed by atoms with van der Waals surface area (Å²) in [6.45, 7) is 2.17. The van der Waals surface area contributed by atoms with Crippen molar-refractivity contribution in [3.63, 3.8) is 0 Å². The highest BCUT2D eigenvalue weighted by atomic mass is 35.5. The van der Waals surface area contributed by atoms with Crippen LogP contribution in [0, 0.1) is 0 Å². The van der Waals surface area contributed by atoms with E-state index in [1.807, 2.05) is 0 Å². The highest BCUT2D eigenvalue weighted by Gasteiger charge is 2.06. The van der Waals surface area contributed by atoms with Crippen LogP contribution < -0.4 is 5.32 Å². The lowest BCUT2D eigenvalue weighted by Crippen LogP contribution is -2.11. The number of carbonyl (C=O) groups is 1. The molecule has 1 aromatic carbocycles. The molecule has 0 atom stereocenters. The molecular formula is C14H20ClNO2. The molecule has 1 rings (SSSR count). The van der Waals surface area contributed by atoms with Crippen LogP contribution in [-0.2, 0) is 4.79 Å². The van der Waals surface area contributed by atoms with Gasteiger partial charge in [0.15, 0.2) is 0 Å². The van der Waals surface area contributed by atoms with E-state index in [2.05, 4.69) is 12.2 Å². The number of hydrogen-bond donors (Lipinski definition) is 2. The number of hydrogen-bond acceptors (Lipinski definition) is 2. The lowest BCUT2D eigenvalue weighted by molar-refractivity contribution is -0.116. The molecule has 0 spiro atoms. The lowest BCUT2D eigenvalue weighted by atomic mass is 10.1. The number of amides is 1. The third-order valence-electron chi connectivity index (χ3n) is 2.73. The van der Waals surface area contributed by atoms with E-state index in [1.54, 1.807) is 6.07 Å². The molecule has 0 bridgehead atoms. The monoisotopic (exact) mass is 269 g/mol. The standard InChI is InChI=1S/C14H20ClNO2/c1-2-3-4-5-6-7-14(18)16-13-9-8-11(17)10-12(13)15/h8-10,17H,2-7H2,1H3,(H,16,18). The Kier molecular flexibility index (Phi) is 6.58. The Morgan fingerprint density at radius 1 is 1.28 bits per heavy atom. The molecule has 0 saturated carbocycles. The quantitative estimate of drug-likeness (QED) is 0.571. The molecule has 0 saturated heterocycles. The van der Waals surface area contributed by atoms with Gasteiger partial charge in [-0.05, 0) is 18.6 Å². The van der Waals surface area contributed by atoms with E-state index < -0.39 is 0 Å². The van der Waals surface area contributed by atoms with Gasteiger partial charge in [-0.3, -0.25) is 4.79 Å². The van der Waals surface area contributed by atoms with Gasteiger partial charge < -0.3 is 10.4 Å². The van der Waals surface area contributed by atoms with Crippen molar-refractivity contribution in [2.45, 2.75) is 45.4 Å². The number of halogens is 1. The average molecular weight is 270 g/mol. The number of benzene rings is 1. The maximum atomic E-state index is 11.7. The Morgan fingerprint density at radius 2 is 2.00 bits per heavy atom. The van der Waals surface area contributed by atoms with Crippen LogP contribution in [0.5, 0.6) is 5.75 Å². The number of anilines is 1. The molecule has 4 heteroatoms. The van der Waals surface area contributed by atoms with Crippen molar-refractivity contribution < 1.29 is 9.90 Å². The van der Waals surface area contributed by atoms with Gasteiger partial charge in [0.25, 0.3) is 0 Å². The Labute approximate surface area is 113 Å². The fraction of sp³-hybridized carbons (Fsp3) is 0.500. The van der Waals surface area contributed by atoms with Crippen molar-refractivity contribution in [1.29, 1.82) is 0 Å². The largest absolute Gasteiger partial charge is 0.508 e. The first kappa shape index (κ1) is 14.8. The highest BCUT2D eigenvalue weighted by Crippen LogP contribution is 2.26. The first-order valence-electron chi connectivity index (χ1n) is 6.42. The number of phenols is 1. The van der Waals surface area contributed by atoms with E-state index in [0.717, 1.165) is 12.8 Å². The molecule has 0 aliphatic rings. The summed E-state index contributed by atoms with van der Waals surface area (Å²) < 4.78 is 0. The molecule has 3 nitrogen and oxygen atoms in total. The molecule has 2 N–H and O–H groups in total. The molecule has 0 heterocycles. The van der Waals surface area contributed by atoms with Gasteiger partial charge in [-0.1, -0.05) is 44.2 Å². The van der Waals surface area contributed by atoms with Gasteiger partial charge in [0.05, 0.1) is 10.7 Å². The summed E-state index contributed by atoms with van der Waals surface area (Å²) in [5.74, 6) is 0.0663. The third kappa shape index (κ3) is 5.41. The molecule has 100 valence electrons. The van der Waals surface area contributed by atoms with Crippen LogP contribution in [0.4, 0.5) is 5.69 Å². The zero-order valence-electron chi connectivity index (χ0n) is 10.7. The van der Waals surface area contributed by atoms with Crippen LogP contribution >= 0.6 is 11.6 Å². The summed E-state index contributed by atoms with van der Waals surface area (Å²) in [6.07, 6.45) is 6.12. The van der Waals surface area contributed by atoms with Gasteiger partial charge in [-0.25, -0.2) is 0 Å². The van der Waals surface area contributed by atoms with E-state index in [9.17, 15) is 9.90 Å². The number of rotatable bonds is 7. The predicted molar refractivity (Wildman–Crippen MR) is 75.1 cm³/mol. The zero-order valence-corrected chi connectivity index (χ0v) is 11.5.